The van der Waals surface area contributed by atoms with E-state index in [1.807, 2.05) is 36.4 Å². The molecule has 0 radical (unpaired) electrons. The van der Waals surface area contributed by atoms with Crippen molar-refractivity contribution in [3.05, 3.63) is 59.9 Å². The van der Waals surface area contributed by atoms with Crippen LogP contribution in [0.15, 0.2) is 48.7 Å². The van der Waals surface area contributed by atoms with Crippen LogP contribution < -0.4 is 10.5 Å². The topological polar surface area (TPSA) is 73.9 Å². The monoisotopic (exact) mass is 266 g/mol. The maximum absolute atomic E-state index is 6.22. The van der Waals surface area contributed by atoms with Crippen LogP contribution in [0.3, 0.4) is 0 Å². The van der Waals surface area contributed by atoms with Crippen molar-refractivity contribution in [1.82, 2.24) is 15.2 Å². The highest BCUT2D eigenvalue weighted by molar-refractivity contribution is 5.78. The van der Waals surface area contributed by atoms with Crippen molar-refractivity contribution < 1.29 is 4.74 Å². The van der Waals surface area contributed by atoms with E-state index in [2.05, 4.69) is 15.2 Å². The summed E-state index contributed by atoms with van der Waals surface area (Å²) < 4.78 is 4.99. The Morgan fingerprint density at radius 1 is 1.10 bits per heavy atom. The molecule has 0 amide bonds. The molecule has 0 aliphatic carbocycles. The van der Waals surface area contributed by atoms with Crippen molar-refractivity contribution in [3.63, 3.8) is 0 Å². The lowest BCUT2D eigenvalue weighted by Crippen LogP contribution is -2.14. The smallest absolute Gasteiger partial charge is 0.233 e. The van der Waals surface area contributed by atoms with E-state index in [-0.39, 0.29) is 6.04 Å². The molecular weight excluding hydrogens is 252 g/mol. The maximum atomic E-state index is 6.22. The fourth-order valence-corrected chi connectivity index (χ4v) is 2.03. The molecule has 5 nitrogen and oxygen atoms in total. The predicted molar refractivity (Wildman–Crippen MR) is 76.4 cm³/mol. The van der Waals surface area contributed by atoms with Crippen LogP contribution in [0, 0.1) is 0 Å². The van der Waals surface area contributed by atoms with Gasteiger partial charge in [-0.1, -0.05) is 18.2 Å². The van der Waals surface area contributed by atoms with Crippen LogP contribution in [0.25, 0.3) is 10.9 Å². The Kier molecular flexibility index (Phi) is 3.26. The number of pyridine rings is 1. The molecule has 100 valence electrons. The molecule has 0 spiro atoms. The average Bonchev–Trinajstić information content (AvgIpc) is 2.54. The van der Waals surface area contributed by atoms with Gasteiger partial charge in [0.15, 0.2) is 0 Å². The van der Waals surface area contributed by atoms with Gasteiger partial charge in [-0.05, 0) is 23.8 Å². The van der Waals surface area contributed by atoms with E-state index in [0.717, 1.165) is 16.5 Å². The minimum atomic E-state index is -0.356. The van der Waals surface area contributed by atoms with Crippen LogP contribution >= 0.6 is 0 Å². The predicted octanol–water partition coefficient (Wildman–Crippen LogP) is 2.08. The normalized spacial score (nSPS) is 12.3. The first kappa shape index (κ1) is 12.5. The van der Waals surface area contributed by atoms with E-state index in [1.165, 1.54) is 0 Å². The third kappa shape index (κ3) is 2.31. The van der Waals surface area contributed by atoms with Crippen LogP contribution in [-0.4, -0.2) is 22.3 Å². The third-order valence-electron chi connectivity index (χ3n) is 3.16. The molecule has 1 atom stereocenters. The summed E-state index contributed by atoms with van der Waals surface area (Å²) in [5.41, 5.74) is 8.75. The molecule has 0 saturated heterocycles. The zero-order chi connectivity index (χ0) is 13.9. The molecule has 20 heavy (non-hydrogen) atoms. The molecule has 3 aromatic rings. The average molecular weight is 266 g/mol. The molecule has 2 aromatic heterocycles. The zero-order valence-electron chi connectivity index (χ0n) is 11.0. The van der Waals surface area contributed by atoms with E-state index in [1.54, 1.807) is 19.4 Å². The number of nitrogens with zero attached hydrogens (tertiary/aromatic N) is 3. The van der Waals surface area contributed by atoms with Gasteiger partial charge in [0, 0.05) is 17.6 Å². The van der Waals surface area contributed by atoms with Gasteiger partial charge in [-0.3, -0.25) is 4.98 Å². The van der Waals surface area contributed by atoms with Crippen molar-refractivity contribution in [2.45, 2.75) is 6.04 Å². The number of hydrogen-bond acceptors (Lipinski definition) is 5. The number of para-hydroxylation sites is 1. The van der Waals surface area contributed by atoms with Crippen LogP contribution in [0.1, 0.15) is 17.3 Å². The van der Waals surface area contributed by atoms with Gasteiger partial charge in [-0.2, -0.15) is 0 Å². The zero-order valence-corrected chi connectivity index (χ0v) is 11.0. The minimum Gasteiger partial charge on any atom is -0.480 e. The van der Waals surface area contributed by atoms with Crippen LogP contribution in [-0.2, 0) is 0 Å². The van der Waals surface area contributed by atoms with Crippen molar-refractivity contribution in [1.29, 1.82) is 0 Å². The Balaban J connectivity index is 1.96. The summed E-state index contributed by atoms with van der Waals surface area (Å²) in [7, 11) is 1.55. The summed E-state index contributed by atoms with van der Waals surface area (Å²) >= 11 is 0. The van der Waals surface area contributed by atoms with Crippen LogP contribution in [0.4, 0.5) is 0 Å². The largest absolute Gasteiger partial charge is 0.480 e. The second-order valence-electron chi connectivity index (χ2n) is 4.44. The molecule has 0 aliphatic heterocycles. The van der Waals surface area contributed by atoms with Crippen molar-refractivity contribution in [3.8, 4) is 5.88 Å². The Morgan fingerprint density at radius 2 is 1.95 bits per heavy atom. The van der Waals surface area contributed by atoms with E-state index < -0.39 is 0 Å². The van der Waals surface area contributed by atoms with Crippen molar-refractivity contribution in [2.75, 3.05) is 7.11 Å². The fraction of sp³-hybridized carbons (Fsp3) is 0.133. The highest BCUT2D eigenvalue weighted by Gasteiger charge is 2.12. The molecule has 0 fully saturated rings. The van der Waals surface area contributed by atoms with Gasteiger partial charge in [-0.25, -0.2) is 0 Å². The van der Waals surface area contributed by atoms with Crippen LogP contribution in [0.2, 0.25) is 0 Å². The standard InChI is InChI=1S/C15H14N4O/c1-20-14-7-6-13(18-19-14)15(16)11-8-10-4-2-3-5-12(10)17-9-11/h2-9,15H,16H2,1H3. The lowest BCUT2D eigenvalue weighted by atomic mass is 10.0. The summed E-state index contributed by atoms with van der Waals surface area (Å²) in [5, 5.41) is 9.07. The van der Waals surface area contributed by atoms with Gasteiger partial charge in [-0.15, -0.1) is 10.2 Å². The summed E-state index contributed by atoms with van der Waals surface area (Å²) in [6.07, 6.45) is 1.78. The SMILES string of the molecule is COc1ccc(C(N)c2cnc3ccccc3c2)nn1. The number of aromatic nitrogens is 3. The summed E-state index contributed by atoms with van der Waals surface area (Å²) in [4.78, 5) is 4.41. The number of benzene rings is 1. The Morgan fingerprint density at radius 3 is 2.70 bits per heavy atom. The van der Waals surface area contributed by atoms with Gasteiger partial charge in [0.05, 0.1) is 24.4 Å². The molecule has 0 aliphatic rings. The molecule has 5 heteroatoms. The second kappa shape index (κ2) is 5.22. The van der Waals surface area contributed by atoms with E-state index in [4.69, 9.17) is 10.5 Å². The minimum absolute atomic E-state index is 0.356. The van der Waals surface area contributed by atoms with Crippen LogP contribution in [0.5, 0.6) is 5.88 Å². The molecule has 2 heterocycles. The molecule has 0 bridgehead atoms. The highest BCUT2D eigenvalue weighted by Crippen LogP contribution is 2.21. The molecule has 0 saturated carbocycles. The Bertz CT molecular complexity index is 727. The maximum Gasteiger partial charge on any atom is 0.233 e. The quantitative estimate of drug-likeness (QED) is 0.785. The van der Waals surface area contributed by atoms with E-state index in [0.29, 0.717) is 11.6 Å². The number of rotatable bonds is 3. The fourth-order valence-electron chi connectivity index (χ4n) is 2.03. The number of ether oxygens (including phenoxy) is 1. The highest BCUT2D eigenvalue weighted by atomic mass is 16.5. The van der Waals surface area contributed by atoms with Gasteiger partial charge in [0.2, 0.25) is 5.88 Å². The first-order chi connectivity index (χ1) is 9.78. The number of methoxy groups -OCH3 is 1. The van der Waals surface area contributed by atoms with Gasteiger partial charge < -0.3 is 10.5 Å². The summed E-state index contributed by atoms with van der Waals surface area (Å²) in [6, 6.07) is 13.2. The van der Waals surface area contributed by atoms with Gasteiger partial charge in [0.25, 0.3) is 0 Å². The number of nitrogens with two attached hydrogens (primary N) is 1. The van der Waals surface area contributed by atoms with E-state index in [9.17, 15) is 0 Å². The van der Waals surface area contributed by atoms with Crippen molar-refractivity contribution in [2.24, 2.45) is 5.73 Å². The summed E-state index contributed by atoms with van der Waals surface area (Å²) in [5.74, 6) is 0.470. The third-order valence-corrected chi connectivity index (χ3v) is 3.16. The molecular formula is C15H14N4O. The Hall–Kier alpha value is -2.53. The molecule has 1 aromatic carbocycles. The first-order valence-electron chi connectivity index (χ1n) is 6.26. The Labute approximate surface area is 116 Å². The van der Waals surface area contributed by atoms with Crippen molar-refractivity contribution >= 4 is 10.9 Å². The molecule has 1 unspecified atom stereocenters. The first-order valence-corrected chi connectivity index (χ1v) is 6.26. The molecule has 2 N–H and O–H groups in total. The van der Waals surface area contributed by atoms with Gasteiger partial charge in [0.1, 0.15) is 0 Å². The molecule has 3 rings (SSSR count). The van der Waals surface area contributed by atoms with Gasteiger partial charge >= 0.3 is 0 Å². The second-order valence-corrected chi connectivity index (χ2v) is 4.44. The number of hydrogen-bond donors (Lipinski definition) is 1. The van der Waals surface area contributed by atoms with E-state index >= 15 is 0 Å². The summed E-state index contributed by atoms with van der Waals surface area (Å²) in [6.45, 7) is 0. The lowest BCUT2D eigenvalue weighted by molar-refractivity contribution is 0.390. The lowest BCUT2D eigenvalue weighted by Gasteiger charge is -2.11. The number of fused-ring (bicyclic) bond motifs is 1.